The number of likely N-dealkylation sites (tertiary alicyclic amines) is 2. The van der Waals surface area contributed by atoms with E-state index in [2.05, 4.69) is 9.88 Å². The molecule has 2 saturated heterocycles. The van der Waals surface area contributed by atoms with E-state index >= 15 is 0 Å². The zero-order valence-electron chi connectivity index (χ0n) is 15.2. The van der Waals surface area contributed by atoms with Crippen LogP contribution < -0.4 is 0 Å². The molecule has 0 radical (unpaired) electrons. The summed E-state index contributed by atoms with van der Waals surface area (Å²) in [4.78, 5) is 21.8. The minimum Gasteiger partial charge on any atom is -0.338 e. The highest BCUT2D eigenvalue weighted by atomic mass is 19.1. The first-order chi connectivity index (χ1) is 12.6. The highest BCUT2D eigenvalue weighted by Crippen LogP contribution is 2.40. The van der Waals surface area contributed by atoms with E-state index in [1.807, 2.05) is 35.0 Å². The number of piperidine rings is 1. The van der Waals surface area contributed by atoms with Crippen molar-refractivity contribution in [1.29, 1.82) is 0 Å². The Balaban J connectivity index is 1.46. The van der Waals surface area contributed by atoms with E-state index in [1.54, 1.807) is 12.1 Å². The lowest BCUT2D eigenvalue weighted by atomic mass is 9.78. The molecule has 0 saturated carbocycles. The third kappa shape index (κ3) is 3.14. The Morgan fingerprint density at radius 1 is 1.19 bits per heavy atom. The molecule has 0 bridgehead atoms. The molecule has 1 aromatic heterocycles. The lowest BCUT2D eigenvalue weighted by molar-refractivity contribution is -0.146. The van der Waals surface area contributed by atoms with Crippen LogP contribution >= 0.6 is 0 Å². The summed E-state index contributed by atoms with van der Waals surface area (Å²) in [5.41, 5.74) is 0.287. The average Bonchev–Trinajstić information content (AvgIpc) is 3.22. The fourth-order valence-corrected chi connectivity index (χ4v) is 4.36. The highest BCUT2D eigenvalue weighted by molar-refractivity contribution is 5.84. The predicted octanol–water partition coefficient (Wildman–Crippen LogP) is 2.57. The second kappa shape index (κ2) is 6.83. The van der Waals surface area contributed by atoms with E-state index < -0.39 is 0 Å². The third-order valence-electron chi connectivity index (χ3n) is 5.86. The summed E-state index contributed by atoms with van der Waals surface area (Å²) in [5.74, 6) is 0.977. The van der Waals surface area contributed by atoms with E-state index in [0.29, 0.717) is 18.7 Å². The summed E-state index contributed by atoms with van der Waals surface area (Å²) in [6.07, 6.45) is 6.54. The van der Waals surface area contributed by atoms with Gasteiger partial charge in [-0.05, 0) is 31.9 Å². The standard InChI is InChI=1S/C20H25FN4O/c1-23-12-9-22-18(23)14-24-11-8-20(15-24)7-4-10-25(19(20)26)13-16-5-2-3-6-17(16)21/h2-3,5-6,9,12H,4,7-8,10-11,13-15H2,1H3/t20-/m0/s1. The zero-order valence-corrected chi connectivity index (χ0v) is 15.2. The van der Waals surface area contributed by atoms with Gasteiger partial charge in [0, 0.05) is 44.6 Å². The van der Waals surface area contributed by atoms with Crippen molar-refractivity contribution in [3.05, 3.63) is 53.9 Å². The Hall–Kier alpha value is -2.21. The van der Waals surface area contributed by atoms with E-state index in [1.165, 1.54) is 6.07 Å². The molecule has 6 heteroatoms. The van der Waals surface area contributed by atoms with Gasteiger partial charge >= 0.3 is 0 Å². The molecular weight excluding hydrogens is 331 g/mol. The number of aryl methyl sites for hydroxylation is 1. The summed E-state index contributed by atoms with van der Waals surface area (Å²) < 4.78 is 16.0. The number of imidazole rings is 1. The van der Waals surface area contributed by atoms with Gasteiger partial charge in [0.1, 0.15) is 11.6 Å². The van der Waals surface area contributed by atoms with Crippen molar-refractivity contribution < 1.29 is 9.18 Å². The van der Waals surface area contributed by atoms with E-state index in [9.17, 15) is 9.18 Å². The molecule has 1 atom stereocenters. The van der Waals surface area contributed by atoms with E-state index in [0.717, 1.165) is 44.7 Å². The van der Waals surface area contributed by atoms with Crippen molar-refractivity contribution in [2.75, 3.05) is 19.6 Å². The van der Waals surface area contributed by atoms with Crippen molar-refractivity contribution in [1.82, 2.24) is 19.4 Å². The first kappa shape index (κ1) is 17.2. The monoisotopic (exact) mass is 356 g/mol. The topological polar surface area (TPSA) is 41.4 Å². The molecule has 26 heavy (non-hydrogen) atoms. The summed E-state index contributed by atoms with van der Waals surface area (Å²) in [6, 6.07) is 6.74. The molecule has 0 aliphatic carbocycles. The van der Waals surface area contributed by atoms with Crippen LogP contribution in [0.4, 0.5) is 4.39 Å². The lowest BCUT2D eigenvalue weighted by Crippen LogP contribution is -2.49. The molecule has 2 aliphatic heterocycles. The molecule has 1 amide bonds. The van der Waals surface area contributed by atoms with E-state index in [-0.39, 0.29) is 17.1 Å². The van der Waals surface area contributed by atoms with Gasteiger partial charge in [-0.2, -0.15) is 0 Å². The smallest absolute Gasteiger partial charge is 0.230 e. The van der Waals surface area contributed by atoms with Crippen molar-refractivity contribution in [3.8, 4) is 0 Å². The molecule has 0 unspecified atom stereocenters. The third-order valence-corrected chi connectivity index (χ3v) is 5.86. The number of benzene rings is 1. The van der Waals surface area contributed by atoms with Crippen molar-refractivity contribution >= 4 is 5.91 Å². The zero-order chi connectivity index (χ0) is 18.1. The van der Waals surface area contributed by atoms with Crippen LogP contribution in [0.2, 0.25) is 0 Å². The van der Waals surface area contributed by atoms with E-state index in [4.69, 9.17) is 0 Å². The van der Waals surface area contributed by atoms with Crippen molar-refractivity contribution in [3.63, 3.8) is 0 Å². The summed E-state index contributed by atoms with van der Waals surface area (Å²) >= 11 is 0. The van der Waals surface area contributed by atoms with Gasteiger partial charge < -0.3 is 9.47 Å². The van der Waals surface area contributed by atoms with Crippen molar-refractivity contribution in [2.24, 2.45) is 12.5 Å². The van der Waals surface area contributed by atoms with Crippen LogP contribution in [0.3, 0.4) is 0 Å². The first-order valence-electron chi connectivity index (χ1n) is 9.29. The van der Waals surface area contributed by atoms with Crippen LogP contribution in [-0.2, 0) is 24.9 Å². The molecule has 2 aliphatic rings. The Labute approximate surface area is 153 Å². The Kier molecular flexibility index (Phi) is 4.53. The van der Waals surface area contributed by atoms with Gasteiger partial charge in [0.05, 0.1) is 12.0 Å². The Morgan fingerprint density at radius 2 is 2.04 bits per heavy atom. The maximum absolute atomic E-state index is 14.0. The van der Waals surface area contributed by atoms with Gasteiger partial charge in [-0.1, -0.05) is 18.2 Å². The molecule has 4 rings (SSSR count). The van der Waals surface area contributed by atoms with Gasteiger partial charge in [-0.15, -0.1) is 0 Å². The molecule has 1 spiro atoms. The summed E-state index contributed by atoms with van der Waals surface area (Å²) in [7, 11) is 2.00. The van der Waals surface area contributed by atoms with Crippen LogP contribution in [0.15, 0.2) is 36.7 Å². The largest absolute Gasteiger partial charge is 0.338 e. The maximum atomic E-state index is 14.0. The molecule has 2 aromatic rings. The molecule has 0 N–H and O–H groups in total. The normalized spacial score (nSPS) is 23.9. The van der Waals surface area contributed by atoms with Crippen LogP contribution in [-0.4, -0.2) is 44.9 Å². The van der Waals surface area contributed by atoms with Gasteiger partial charge in [0.25, 0.3) is 0 Å². The van der Waals surface area contributed by atoms with Crippen LogP contribution in [0.1, 0.15) is 30.7 Å². The van der Waals surface area contributed by atoms with Crippen LogP contribution in [0.5, 0.6) is 0 Å². The molecule has 138 valence electrons. The number of aromatic nitrogens is 2. The lowest BCUT2D eigenvalue weighted by Gasteiger charge is -2.39. The fraction of sp³-hybridized carbons (Fsp3) is 0.500. The number of hydrogen-bond acceptors (Lipinski definition) is 3. The summed E-state index contributed by atoms with van der Waals surface area (Å²) in [6.45, 7) is 3.53. The number of carbonyl (C=O) groups excluding carboxylic acids is 1. The fourth-order valence-electron chi connectivity index (χ4n) is 4.36. The Morgan fingerprint density at radius 3 is 2.81 bits per heavy atom. The molecule has 5 nitrogen and oxygen atoms in total. The number of amides is 1. The van der Waals surface area contributed by atoms with Gasteiger partial charge in [0.2, 0.25) is 5.91 Å². The van der Waals surface area contributed by atoms with Gasteiger partial charge in [0.15, 0.2) is 0 Å². The summed E-state index contributed by atoms with van der Waals surface area (Å²) in [5, 5.41) is 0. The minimum atomic E-state index is -0.311. The highest BCUT2D eigenvalue weighted by Gasteiger charge is 2.48. The molecular formula is C20H25FN4O. The Bertz CT molecular complexity index is 805. The van der Waals surface area contributed by atoms with Crippen molar-refractivity contribution in [2.45, 2.75) is 32.4 Å². The SMILES string of the molecule is Cn1ccnc1CN1CC[C@@]2(CCCN(Cc3ccccc3F)C2=O)C1. The molecule has 2 fully saturated rings. The number of carbonyl (C=O) groups is 1. The number of rotatable bonds is 4. The minimum absolute atomic E-state index is 0.189. The quantitative estimate of drug-likeness (QED) is 0.846. The number of nitrogens with zero attached hydrogens (tertiary/aromatic N) is 4. The second-order valence-corrected chi connectivity index (χ2v) is 7.62. The first-order valence-corrected chi connectivity index (χ1v) is 9.29. The number of hydrogen-bond donors (Lipinski definition) is 0. The number of halogens is 1. The second-order valence-electron chi connectivity index (χ2n) is 7.62. The molecule has 3 heterocycles. The van der Waals surface area contributed by atoms with Crippen LogP contribution in [0, 0.1) is 11.2 Å². The average molecular weight is 356 g/mol. The molecule has 1 aromatic carbocycles. The predicted molar refractivity (Wildman–Crippen MR) is 96.6 cm³/mol. The van der Waals surface area contributed by atoms with Gasteiger partial charge in [-0.3, -0.25) is 9.69 Å². The van der Waals surface area contributed by atoms with Gasteiger partial charge in [-0.25, -0.2) is 9.37 Å². The van der Waals surface area contributed by atoms with Crippen LogP contribution in [0.25, 0.3) is 0 Å². The maximum Gasteiger partial charge on any atom is 0.230 e.